The highest BCUT2D eigenvalue weighted by Crippen LogP contribution is 2.29. The van der Waals surface area contributed by atoms with Gasteiger partial charge in [0, 0.05) is 0 Å². The molecule has 0 aliphatic carbocycles. The summed E-state index contributed by atoms with van der Waals surface area (Å²) in [5, 5.41) is 0. The van der Waals surface area contributed by atoms with Gasteiger partial charge in [0.1, 0.15) is 18.5 Å². The number of rotatable bonds is 5. The summed E-state index contributed by atoms with van der Waals surface area (Å²) in [6, 6.07) is 12.0. The minimum absolute atomic E-state index is 0.135. The average Bonchev–Trinajstić information content (AvgIpc) is 3.30. The van der Waals surface area contributed by atoms with Crippen molar-refractivity contribution in [1.82, 2.24) is 0 Å². The van der Waals surface area contributed by atoms with Gasteiger partial charge in [-0.2, -0.15) is 0 Å². The van der Waals surface area contributed by atoms with Gasteiger partial charge >= 0.3 is 0 Å². The summed E-state index contributed by atoms with van der Waals surface area (Å²) in [5.74, 6) is 0.588. The number of benzene rings is 2. The Kier molecular flexibility index (Phi) is 3.93. The summed E-state index contributed by atoms with van der Waals surface area (Å²) in [5.41, 5.74) is 1.64. The molecule has 1 heterocycles. The molecule has 5 heteroatoms. The van der Waals surface area contributed by atoms with Crippen molar-refractivity contribution in [1.29, 1.82) is 0 Å². The van der Waals surface area contributed by atoms with E-state index in [9.17, 15) is 8.42 Å². The average molecular weight is 318 g/mol. The molecular weight excluding hydrogens is 300 g/mol. The lowest BCUT2D eigenvalue weighted by atomic mass is 10.2. The maximum absolute atomic E-state index is 12.8. The van der Waals surface area contributed by atoms with Gasteiger partial charge in [-0.05, 0) is 43.2 Å². The second-order valence-electron chi connectivity index (χ2n) is 5.46. The molecule has 1 aliphatic rings. The maximum atomic E-state index is 12.8. The third-order valence-corrected chi connectivity index (χ3v) is 5.59. The molecule has 0 amide bonds. The quantitative estimate of drug-likeness (QED) is 0.795. The summed E-state index contributed by atoms with van der Waals surface area (Å²) in [4.78, 5) is 0.578. The molecule has 116 valence electrons. The normalized spacial score (nSPS) is 17.3. The topological polar surface area (TPSA) is 55.9 Å². The molecule has 22 heavy (non-hydrogen) atoms. The van der Waals surface area contributed by atoms with E-state index in [1.54, 1.807) is 43.3 Å². The molecule has 1 fully saturated rings. The SMILES string of the molecule is Cc1ccc(S(=O)(=O)c2ccccc2C)cc1OCC1CO1. The Bertz CT molecular complexity index is 792. The van der Waals surface area contributed by atoms with Crippen molar-refractivity contribution in [3.05, 3.63) is 53.6 Å². The first-order valence-corrected chi connectivity index (χ1v) is 8.62. The molecule has 1 saturated heterocycles. The van der Waals surface area contributed by atoms with Crippen LogP contribution in [0.4, 0.5) is 0 Å². The van der Waals surface area contributed by atoms with Crippen LogP contribution in [0.5, 0.6) is 5.75 Å². The highest BCUT2D eigenvalue weighted by atomic mass is 32.2. The zero-order valence-electron chi connectivity index (χ0n) is 12.6. The van der Waals surface area contributed by atoms with E-state index in [4.69, 9.17) is 9.47 Å². The lowest BCUT2D eigenvalue weighted by molar-refractivity contribution is 0.261. The van der Waals surface area contributed by atoms with E-state index in [2.05, 4.69) is 0 Å². The molecule has 1 unspecified atom stereocenters. The van der Waals surface area contributed by atoms with E-state index in [0.29, 0.717) is 23.9 Å². The Hall–Kier alpha value is -1.85. The lowest BCUT2D eigenvalue weighted by Crippen LogP contribution is -2.08. The minimum Gasteiger partial charge on any atom is -0.490 e. The summed E-state index contributed by atoms with van der Waals surface area (Å²) >= 11 is 0. The zero-order valence-corrected chi connectivity index (χ0v) is 13.4. The third kappa shape index (κ3) is 3.00. The first kappa shape index (κ1) is 15.1. The molecule has 2 aromatic carbocycles. The first-order chi connectivity index (χ1) is 10.5. The molecule has 1 aliphatic heterocycles. The van der Waals surface area contributed by atoms with Crippen LogP contribution in [-0.2, 0) is 14.6 Å². The molecule has 1 atom stereocenters. The summed E-state index contributed by atoms with van der Waals surface area (Å²) in [6.07, 6.45) is 0.135. The number of epoxide rings is 1. The van der Waals surface area contributed by atoms with E-state index in [1.807, 2.05) is 13.0 Å². The molecule has 0 aromatic heterocycles. The lowest BCUT2D eigenvalue weighted by Gasteiger charge is -2.12. The van der Waals surface area contributed by atoms with Gasteiger partial charge in [-0.3, -0.25) is 0 Å². The smallest absolute Gasteiger partial charge is 0.206 e. The first-order valence-electron chi connectivity index (χ1n) is 7.14. The van der Waals surface area contributed by atoms with Gasteiger partial charge in [-0.25, -0.2) is 8.42 Å². The van der Waals surface area contributed by atoms with Crippen LogP contribution in [0.2, 0.25) is 0 Å². The molecule has 0 N–H and O–H groups in total. The van der Waals surface area contributed by atoms with Crippen LogP contribution in [0, 0.1) is 13.8 Å². The largest absolute Gasteiger partial charge is 0.490 e. The molecule has 4 nitrogen and oxygen atoms in total. The molecular formula is C17H18O4S. The number of sulfone groups is 1. The van der Waals surface area contributed by atoms with Crippen LogP contribution >= 0.6 is 0 Å². The van der Waals surface area contributed by atoms with Gasteiger partial charge in [-0.1, -0.05) is 24.3 Å². The van der Waals surface area contributed by atoms with E-state index in [-0.39, 0.29) is 11.0 Å². The Labute approximate surface area is 130 Å². The Morgan fingerprint density at radius 3 is 2.55 bits per heavy atom. The molecule has 0 saturated carbocycles. The number of aryl methyl sites for hydroxylation is 2. The van der Waals surface area contributed by atoms with E-state index in [1.165, 1.54) is 0 Å². The number of hydrogen-bond donors (Lipinski definition) is 0. The van der Waals surface area contributed by atoms with Crippen molar-refractivity contribution in [3.63, 3.8) is 0 Å². The Balaban J connectivity index is 1.96. The monoisotopic (exact) mass is 318 g/mol. The van der Waals surface area contributed by atoms with Crippen LogP contribution in [0.1, 0.15) is 11.1 Å². The van der Waals surface area contributed by atoms with Gasteiger partial charge in [0.15, 0.2) is 0 Å². The molecule has 2 aromatic rings. The summed E-state index contributed by atoms with van der Waals surface area (Å²) in [7, 11) is -3.54. The highest BCUT2D eigenvalue weighted by molar-refractivity contribution is 7.91. The summed E-state index contributed by atoms with van der Waals surface area (Å²) < 4.78 is 36.4. The molecule has 0 bridgehead atoms. The summed E-state index contributed by atoms with van der Waals surface area (Å²) in [6.45, 7) is 4.85. The van der Waals surface area contributed by atoms with Crippen LogP contribution in [0.25, 0.3) is 0 Å². The van der Waals surface area contributed by atoms with Gasteiger partial charge in [0.05, 0.1) is 16.4 Å². The van der Waals surface area contributed by atoms with Crippen LogP contribution in [0.15, 0.2) is 52.3 Å². The fourth-order valence-corrected chi connectivity index (χ4v) is 3.75. The van der Waals surface area contributed by atoms with Gasteiger partial charge < -0.3 is 9.47 Å². The van der Waals surface area contributed by atoms with Crippen molar-refractivity contribution in [3.8, 4) is 5.75 Å². The van der Waals surface area contributed by atoms with Gasteiger partial charge in [0.25, 0.3) is 0 Å². The Morgan fingerprint density at radius 1 is 1.14 bits per heavy atom. The number of ether oxygens (including phenoxy) is 2. The van der Waals surface area contributed by atoms with Crippen molar-refractivity contribution < 1.29 is 17.9 Å². The van der Waals surface area contributed by atoms with E-state index in [0.717, 1.165) is 11.1 Å². The van der Waals surface area contributed by atoms with Crippen LogP contribution in [0.3, 0.4) is 0 Å². The van der Waals surface area contributed by atoms with Crippen LogP contribution in [-0.4, -0.2) is 27.7 Å². The minimum atomic E-state index is -3.54. The predicted octanol–water partition coefficient (Wildman–Crippen LogP) is 2.91. The number of hydrogen-bond acceptors (Lipinski definition) is 4. The Morgan fingerprint density at radius 2 is 1.86 bits per heavy atom. The van der Waals surface area contributed by atoms with Crippen molar-refractivity contribution in [2.24, 2.45) is 0 Å². The second-order valence-corrected chi connectivity index (χ2v) is 7.38. The zero-order chi connectivity index (χ0) is 15.7. The fraction of sp³-hybridized carbons (Fsp3) is 0.294. The van der Waals surface area contributed by atoms with E-state index >= 15 is 0 Å². The molecule has 0 spiro atoms. The van der Waals surface area contributed by atoms with Crippen molar-refractivity contribution in [2.45, 2.75) is 29.7 Å². The molecule has 3 rings (SSSR count). The maximum Gasteiger partial charge on any atom is 0.206 e. The van der Waals surface area contributed by atoms with Crippen LogP contribution < -0.4 is 4.74 Å². The van der Waals surface area contributed by atoms with Gasteiger partial charge in [0.2, 0.25) is 9.84 Å². The van der Waals surface area contributed by atoms with Crippen molar-refractivity contribution in [2.75, 3.05) is 13.2 Å². The predicted molar refractivity (Wildman–Crippen MR) is 83.0 cm³/mol. The second kappa shape index (κ2) is 5.74. The highest BCUT2D eigenvalue weighted by Gasteiger charge is 2.24. The standard InChI is InChI=1S/C17H18O4S/c1-12-7-8-15(9-16(12)21-11-14-10-20-14)22(18,19)17-6-4-3-5-13(17)2/h3-9,14H,10-11H2,1-2H3. The van der Waals surface area contributed by atoms with E-state index < -0.39 is 9.84 Å². The van der Waals surface area contributed by atoms with Crippen molar-refractivity contribution >= 4 is 9.84 Å². The van der Waals surface area contributed by atoms with Gasteiger partial charge in [-0.15, -0.1) is 0 Å². The third-order valence-electron chi connectivity index (χ3n) is 3.68. The fourth-order valence-electron chi connectivity index (χ4n) is 2.23. The molecule has 0 radical (unpaired) electrons.